The van der Waals surface area contributed by atoms with Gasteiger partial charge in [-0.1, -0.05) is 25.8 Å². The number of hydrogen-bond donors (Lipinski definition) is 1. The van der Waals surface area contributed by atoms with Crippen LogP contribution in [-0.4, -0.2) is 6.10 Å². The lowest BCUT2D eigenvalue weighted by Crippen LogP contribution is -2.25. The van der Waals surface area contributed by atoms with E-state index < -0.39 is 0 Å². The number of benzene rings is 1. The molecular weight excluding hydrogens is 229 g/mol. The van der Waals surface area contributed by atoms with Gasteiger partial charge in [-0.05, 0) is 36.5 Å². The third-order valence-electron chi connectivity index (χ3n) is 3.83. The Kier molecular flexibility index (Phi) is 4.72. The van der Waals surface area contributed by atoms with Crippen molar-refractivity contribution in [1.29, 1.82) is 0 Å². The summed E-state index contributed by atoms with van der Waals surface area (Å²) in [5.74, 6) is 0.403. The smallest absolute Gasteiger partial charge is 0.127 e. The third kappa shape index (κ3) is 3.30. The topological polar surface area (TPSA) is 35.2 Å². The Hall–Kier alpha value is -0.930. The van der Waals surface area contributed by atoms with Crippen LogP contribution in [0.4, 0.5) is 4.39 Å². The summed E-state index contributed by atoms with van der Waals surface area (Å²) in [6, 6.07) is 5.07. The van der Waals surface area contributed by atoms with Gasteiger partial charge in [0.25, 0.3) is 0 Å². The van der Waals surface area contributed by atoms with E-state index in [1.165, 1.54) is 25.3 Å². The molecule has 0 heterocycles. The second kappa shape index (κ2) is 6.30. The molecule has 2 N–H and O–H groups in total. The summed E-state index contributed by atoms with van der Waals surface area (Å²) in [5.41, 5.74) is 7.07. The van der Waals surface area contributed by atoms with Crippen LogP contribution < -0.4 is 5.73 Å². The molecule has 1 fully saturated rings. The molecule has 0 spiro atoms. The highest BCUT2D eigenvalue weighted by atomic mass is 19.1. The molecule has 1 aliphatic rings. The highest BCUT2D eigenvalue weighted by molar-refractivity contribution is 5.24. The van der Waals surface area contributed by atoms with Crippen LogP contribution >= 0.6 is 0 Å². The molecule has 0 bridgehead atoms. The largest absolute Gasteiger partial charge is 0.373 e. The fraction of sp³-hybridized carbons (Fsp3) is 0.600. The van der Waals surface area contributed by atoms with Crippen molar-refractivity contribution < 1.29 is 9.13 Å². The molecule has 0 saturated heterocycles. The molecule has 1 saturated carbocycles. The summed E-state index contributed by atoms with van der Waals surface area (Å²) < 4.78 is 19.3. The number of hydrogen-bond acceptors (Lipinski definition) is 2. The van der Waals surface area contributed by atoms with Gasteiger partial charge in [0.2, 0.25) is 0 Å². The molecule has 0 aliphatic heterocycles. The number of halogens is 1. The zero-order chi connectivity index (χ0) is 13.0. The summed E-state index contributed by atoms with van der Waals surface area (Å²) >= 11 is 0. The van der Waals surface area contributed by atoms with Crippen LogP contribution in [0.2, 0.25) is 0 Å². The molecule has 3 heteroatoms. The molecule has 1 aliphatic carbocycles. The van der Waals surface area contributed by atoms with Crippen LogP contribution in [-0.2, 0) is 17.9 Å². The van der Waals surface area contributed by atoms with Gasteiger partial charge in [-0.3, -0.25) is 0 Å². The van der Waals surface area contributed by atoms with Crippen molar-refractivity contribution in [2.45, 2.75) is 51.9 Å². The van der Waals surface area contributed by atoms with E-state index in [-0.39, 0.29) is 12.4 Å². The second-order valence-corrected chi connectivity index (χ2v) is 5.24. The third-order valence-corrected chi connectivity index (χ3v) is 3.83. The molecular formula is C15H22FNO. The summed E-state index contributed by atoms with van der Waals surface area (Å²) in [4.78, 5) is 0. The first kappa shape index (κ1) is 13.5. The zero-order valence-electron chi connectivity index (χ0n) is 11.0. The van der Waals surface area contributed by atoms with Crippen LogP contribution in [0, 0.1) is 11.7 Å². The van der Waals surface area contributed by atoms with Crippen LogP contribution in [0.3, 0.4) is 0 Å². The average Bonchev–Trinajstić information content (AvgIpc) is 2.39. The van der Waals surface area contributed by atoms with Gasteiger partial charge in [-0.15, -0.1) is 0 Å². The highest BCUT2D eigenvalue weighted by Crippen LogP contribution is 2.27. The van der Waals surface area contributed by atoms with Crippen molar-refractivity contribution in [2.75, 3.05) is 0 Å². The van der Waals surface area contributed by atoms with E-state index in [1.54, 1.807) is 6.07 Å². The fourth-order valence-electron chi connectivity index (χ4n) is 2.61. The summed E-state index contributed by atoms with van der Waals surface area (Å²) in [6.45, 7) is 3.04. The predicted octanol–water partition coefficient (Wildman–Crippen LogP) is 3.38. The molecule has 2 nitrogen and oxygen atoms in total. The van der Waals surface area contributed by atoms with E-state index in [1.807, 2.05) is 6.07 Å². The lowest BCUT2D eigenvalue weighted by Gasteiger charge is -2.28. The van der Waals surface area contributed by atoms with E-state index in [4.69, 9.17) is 10.5 Å². The van der Waals surface area contributed by atoms with E-state index in [2.05, 4.69) is 6.92 Å². The van der Waals surface area contributed by atoms with Crippen LogP contribution in [0.15, 0.2) is 18.2 Å². The van der Waals surface area contributed by atoms with Gasteiger partial charge in [-0.2, -0.15) is 0 Å². The van der Waals surface area contributed by atoms with Gasteiger partial charge >= 0.3 is 0 Å². The maximum absolute atomic E-state index is 13.3. The van der Waals surface area contributed by atoms with Crippen molar-refractivity contribution in [2.24, 2.45) is 11.7 Å². The summed E-state index contributed by atoms with van der Waals surface area (Å²) in [5, 5.41) is 0. The minimum atomic E-state index is -0.229. The van der Waals surface area contributed by atoms with Crippen LogP contribution in [0.1, 0.15) is 43.7 Å². The number of nitrogens with two attached hydrogens (primary N) is 1. The maximum Gasteiger partial charge on any atom is 0.127 e. The van der Waals surface area contributed by atoms with E-state index >= 15 is 0 Å². The summed E-state index contributed by atoms with van der Waals surface area (Å²) in [7, 11) is 0. The van der Waals surface area contributed by atoms with Crippen molar-refractivity contribution in [3.05, 3.63) is 35.1 Å². The quantitative estimate of drug-likeness (QED) is 0.890. The van der Waals surface area contributed by atoms with Gasteiger partial charge in [0.15, 0.2) is 0 Å². The normalized spacial score (nSPS) is 24.2. The molecule has 100 valence electrons. The molecule has 1 aromatic rings. The van der Waals surface area contributed by atoms with Crippen molar-refractivity contribution in [1.82, 2.24) is 0 Å². The van der Waals surface area contributed by atoms with Gasteiger partial charge in [-0.25, -0.2) is 4.39 Å². The number of rotatable bonds is 4. The summed E-state index contributed by atoms with van der Waals surface area (Å²) in [6.07, 6.45) is 5.32. The molecule has 0 radical (unpaired) electrons. The standard InChI is InChI=1S/C15H22FNO/c1-11-4-2-3-5-15(11)18-10-12-6-7-14(16)13(8-12)9-17/h6-8,11,15H,2-5,9-10,17H2,1H3. The lowest BCUT2D eigenvalue weighted by molar-refractivity contribution is -0.0155. The Labute approximate surface area is 108 Å². The fourth-order valence-corrected chi connectivity index (χ4v) is 2.61. The molecule has 18 heavy (non-hydrogen) atoms. The van der Waals surface area contributed by atoms with Crippen LogP contribution in [0.5, 0.6) is 0 Å². The van der Waals surface area contributed by atoms with Crippen molar-refractivity contribution in [3.8, 4) is 0 Å². The van der Waals surface area contributed by atoms with Crippen molar-refractivity contribution >= 4 is 0 Å². The van der Waals surface area contributed by atoms with Gasteiger partial charge in [0.1, 0.15) is 5.82 Å². The SMILES string of the molecule is CC1CCCCC1OCc1ccc(F)c(CN)c1. The monoisotopic (exact) mass is 251 g/mol. The van der Waals surface area contributed by atoms with E-state index in [9.17, 15) is 4.39 Å². The molecule has 2 atom stereocenters. The Morgan fingerprint density at radius 3 is 2.83 bits per heavy atom. The van der Waals surface area contributed by atoms with Gasteiger partial charge < -0.3 is 10.5 Å². The molecule has 2 unspecified atom stereocenters. The minimum absolute atomic E-state index is 0.229. The Morgan fingerprint density at radius 1 is 1.33 bits per heavy atom. The average molecular weight is 251 g/mol. The maximum atomic E-state index is 13.3. The van der Waals surface area contributed by atoms with Crippen LogP contribution in [0.25, 0.3) is 0 Å². The predicted molar refractivity (Wildman–Crippen MR) is 70.5 cm³/mol. The van der Waals surface area contributed by atoms with E-state index in [0.717, 1.165) is 12.0 Å². The van der Waals surface area contributed by atoms with Gasteiger partial charge in [0, 0.05) is 12.1 Å². The van der Waals surface area contributed by atoms with Crippen molar-refractivity contribution in [3.63, 3.8) is 0 Å². The van der Waals surface area contributed by atoms with E-state index in [0.29, 0.717) is 24.2 Å². The zero-order valence-corrected chi connectivity index (χ0v) is 11.0. The Balaban J connectivity index is 1.93. The Bertz CT molecular complexity index is 394. The highest BCUT2D eigenvalue weighted by Gasteiger charge is 2.21. The molecule has 1 aromatic carbocycles. The first-order chi connectivity index (χ1) is 8.70. The lowest BCUT2D eigenvalue weighted by atomic mass is 9.88. The first-order valence-electron chi connectivity index (χ1n) is 6.79. The molecule has 0 amide bonds. The first-order valence-corrected chi connectivity index (χ1v) is 6.79. The second-order valence-electron chi connectivity index (χ2n) is 5.24. The Morgan fingerprint density at radius 2 is 2.11 bits per heavy atom. The minimum Gasteiger partial charge on any atom is -0.373 e. The molecule has 0 aromatic heterocycles. The van der Waals surface area contributed by atoms with Gasteiger partial charge in [0.05, 0.1) is 12.7 Å². The molecule has 2 rings (SSSR count). The number of ether oxygens (including phenoxy) is 1.